The highest BCUT2D eigenvalue weighted by atomic mass is 32.2. The first-order valence-electron chi connectivity index (χ1n) is 6.23. The summed E-state index contributed by atoms with van der Waals surface area (Å²) < 4.78 is 13.0. The van der Waals surface area contributed by atoms with E-state index in [4.69, 9.17) is 0 Å². The molecule has 2 aliphatic rings. The lowest BCUT2D eigenvalue weighted by Crippen LogP contribution is -2.38. The molecule has 2 aliphatic heterocycles. The predicted octanol–water partition coefficient (Wildman–Crippen LogP) is 1.89. The highest BCUT2D eigenvalue weighted by Crippen LogP contribution is 2.45. The van der Waals surface area contributed by atoms with E-state index in [-0.39, 0.29) is 15.8 Å². The smallest absolute Gasteiger partial charge is 0.241 e. The zero-order valence-electron chi connectivity index (χ0n) is 10.4. The molecule has 0 radical (unpaired) electrons. The number of nitrogens with zero attached hydrogens (tertiary/aromatic N) is 1. The Morgan fingerprint density at radius 3 is 2.68 bits per heavy atom. The maximum Gasteiger partial charge on any atom is 0.241 e. The largest absolute Gasteiger partial charge is 0.275 e. The van der Waals surface area contributed by atoms with Gasteiger partial charge >= 0.3 is 0 Å². The number of benzene rings is 1. The maximum atomic E-state index is 12.8. The molecule has 0 aromatic heterocycles. The summed E-state index contributed by atoms with van der Waals surface area (Å²) in [6.07, 6.45) is 0.318. The molecule has 1 aromatic carbocycles. The molecular weight excluding hydrogens is 283 g/mol. The van der Waals surface area contributed by atoms with E-state index in [0.29, 0.717) is 6.42 Å². The minimum absolute atomic E-state index is 0.0524. The SMILES string of the molecule is O=C(Cc1ccc(F)cc1)N1CC2(CN1)SCCS2. The number of nitrogens with one attached hydrogen (secondary N) is 1. The van der Waals surface area contributed by atoms with Crippen LogP contribution in [0.1, 0.15) is 5.56 Å². The fraction of sp³-hybridized carbons (Fsp3) is 0.462. The molecule has 0 aliphatic carbocycles. The molecule has 1 spiro atoms. The summed E-state index contributed by atoms with van der Waals surface area (Å²) in [5.74, 6) is 2.10. The first-order chi connectivity index (χ1) is 9.17. The van der Waals surface area contributed by atoms with Crippen molar-refractivity contribution in [1.29, 1.82) is 0 Å². The third-order valence-corrected chi connectivity index (χ3v) is 6.70. The molecule has 0 unspecified atom stereocenters. The van der Waals surface area contributed by atoms with Gasteiger partial charge in [-0.1, -0.05) is 12.1 Å². The van der Waals surface area contributed by atoms with Crippen molar-refractivity contribution in [2.24, 2.45) is 0 Å². The van der Waals surface area contributed by atoms with Gasteiger partial charge in [0.15, 0.2) is 0 Å². The summed E-state index contributed by atoms with van der Waals surface area (Å²) in [6.45, 7) is 1.60. The Morgan fingerprint density at radius 1 is 1.32 bits per heavy atom. The molecule has 1 aromatic rings. The van der Waals surface area contributed by atoms with Crippen LogP contribution in [0.15, 0.2) is 24.3 Å². The maximum absolute atomic E-state index is 12.8. The summed E-state index contributed by atoms with van der Waals surface area (Å²) in [7, 11) is 0. The van der Waals surface area contributed by atoms with Gasteiger partial charge < -0.3 is 0 Å². The fourth-order valence-corrected chi connectivity index (χ4v) is 5.33. The van der Waals surface area contributed by atoms with E-state index in [1.807, 2.05) is 23.5 Å². The van der Waals surface area contributed by atoms with Crippen molar-refractivity contribution in [2.45, 2.75) is 10.5 Å². The Labute approximate surface area is 120 Å². The summed E-state index contributed by atoms with van der Waals surface area (Å²) in [5.41, 5.74) is 4.04. The first-order valence-corrected chi connectivity index (χ1v) is 8.20. The van der Waals surface area contributed by atoms with Crippen LogP contribution in [0, 0.1) is 5.82 Å². The minimum atomic E-state index is -0.270. The highest BCUT2D eigenvalue weighted by molar-refractivity contribution is 8.21. The standard InChI is InChI=1S/C13H15FN2OS2/c14-11-3-1-10(2-4-11)7-12(17)16-9-13(8-15-16)18-5-6-19-13/h1-4,15H,5-9H2. The minimum Gasteiger partial charge on any atom is -0.275 e. The van der Waals surface area contributed by atoms with Crippen molar-refractivity contribution >= 4 is 29.4 Å². The number of halogens is 1. The number of thioether (sulfide) groups is 2. The number of hydrogen-bond acceptors (Lipinski definition) is 4. The van der Waals surface area contributed by atoms with Gasteiger partial charge in [0.25, 0.3) is 0 Å². The lowest BCUT2D eigenvalue weighted by molar-refractivity contribution is -0.131. The van der Waals surface area contributed by atoms with Crippen LogP contribution in [0.25, 0.3) is 0 Å². The van der Waals surface area contributed by atoms with Crippen molar-refractivity contribution < 1.29 is 9.18 Å². The van der Waals surface area contributed by atoms with Gasteiger partial charge in [0.1, 0.15) is 5.82 Å². The summed E-state index contributed by atoms with van der Waals surface area (Å²) in [4.78, 5) is 12.2. The number of hydrazine groups is 1. The third-order valence-electron chi connectivity index (χ3n) is 3.32. The van der Waals surface area contributed by atoms with Crippen LogP contribution in [-0.2, 0) is 11.2 Å². The topological polar surface area (TPSA) is 32.3 Å². The molecule has 102 valence electrons. The normalized spacial score (nSPS) is 21.2. The predicted molar refractivity (Wildman–Crippen MR) is 77.5 cm³/mol. The van der Waals surface area contributed by atoms with E-state index in [1.165, 1.54) is 12.1 Å². The van der Waals surface area contributed by atoms with Gasteiger partial charge in [0, 0.05) is 18.1 Å². The summed E-state index contributed by atoms with van der Waals surface area (Å²) >= 11 is 3.88. The molecule has 1 N–H and O–H groups in total. The molecule has 2 heterocycles. The van der Waals surface area contributed by atoms with Crippen molar-refractivity contribution in [2.75, 3.05) is 24.6 Å². The van der Waals surface area contributed by atoms with Crippen LogP contribution in [0.5, 0.6) is 0 Å². The number of rotatable bonds is 2. The lowest BCUT2D eigenvalue weighted by Gasteiger charge is -2.20. The van der Waals surface area contributed by atoms with Gasteiger partial charge in [0.2, 0.25) is 5.91 Å². The number of carbonyl (C=O) groups is 1. The second kappa shape index (κ2) is 5.34. The molecule has 19 heavy (non-hydrogen) atoms. The van der Waals surface area contributed by atoms with Crippen LogP contribution >= 0.6 is 23.5 Å². The van der Waals surface area contributed by atoms with Gasteiger partial charge in [-0.05, 0) is 17.7 Å². The number of amides is 1. The molecule has 0 atom stereocenters. The molecule has 2 fully saturated rings. The van der Waals surface area contributed by atoms with E-state index in [1.54, 1.807) is 17.1 Å². The quantitative estimate of drug-likeness (QED) is 0.904. The van der Waals surface area contributed by atoms with E-state index in [2.05, 4.69) is 5.43 Å². The van der Waals surface area contributed by atoms with Crippen LogP contribution in [-0.4, -0.2) is 39.6 Å². The number of carbonyl (C=O) groups excluding carboxylic acids is 1. The average molecular weight is 298 g/mol. The number of hydrogen-bond donors (Lipinski definition) is 1. The van der Waals surface area contributed by atoms with Gasteiger partial charge in [-0.2, -0.15) is 0 Å². The fourth-order valence-electron chi connectivity index (χ4n) is 2.31. The average Bonchev–Trinajstić information content (AvgIpc) is 3.03. The lowest BCUT2D eigenvalue weighted by atomic mass is 10.1. The molecular formula is C13H15FN2OS2. The van der Waals surface area contributed by atoms with E-state index >= 15 is 0 Å². The van der Waals surface area contributed by atoms with E-state index in [9.17, 15) is 9.18 Å². The summed E-state index contributed by atoms with van der Waals surface area (Å²) in [5, 5.41) is 1.72. The zero-order valence-corrected chi connectivity index (χ0v) is 12.0. The second-order valence-corrected chi connectivity index (χ2v) is 7.94. The van der Waals surface area contributed by atoms with E-state index < -0.39 is 0 Å². The summed E-state index contributed by atoms with van der Waals surface area (Å²) in [6, 6.07) is 6.12. The van der Waals surface area contributed by atoms with Crippen molar-refractivity contribution in [3.63, 3.8) is 0 Å². The van der Waals surface area contributed by atoms with Crippen molar-refractivity contribution in [1.82, 2.24) is 10.4 Å². The van der Waals surface area contributed by atoms with E-state index in [0.717, 1.165) is 30.2 Å². The Morgan fingerprint density at radius 2 is 2.00 bits per heavy atom. The van der Waals surface area contributed by atoms with Crippen LogP contribution in [0.3, 0.4) is 0 Å². The van der Waals surface area contributed by atoms with Gasteiger partial charge in [-0.3, -0.25) is 9.80 Å². The van der Waals surface area contributed by atoms with Gasteiger partial charge in [0.05, 0.1) is 17.0 Å². The van der Waals surface area contributed by atoms with Crippen LogP contribution in [0.2, 0.25) is 0 Å². The van der Waals surface area contributed by atoms with Crippen molar-refractivity contribution in [3.8, 4) is 0 Å². The molecule has 1 amide bonds. The first kappa shape index (κ1) is 13.3. The Balaban J connectivity index is 1.61. The van der Waals surface area contributed by atoms with Gasteiger partial charge in [-0.15, -0.1) is 23.5 Å². The monoisotopic (exact) mass is 298 g/mol. The van der Waals surface area contributed by atoms with Crippen LogP contribution < -0.4 is 5.43 Å². The molecule has 0 bridgehead atoms. The van der Waals surface area contributed by atoms with Crippen molar-refractivity contribution in [3.05, 3.63) is 35.6 Å². The Kier molecular flexibility index (Phi) is 3.73. The second-order valence-electron chi connectivity index (χ2n) is 4.73. The van der Waals surface area contributed by atoms with Gasteiger partial charge in [-0.25, -0.2) is 9.82 Å². The third kappa shape index (κ3) is 2.90. The Bertz CT molecular complexity index is 474. The zero-order chi connectivity index (χ0) is 13.3. The molecule has 2 saturated heterocycles. The molecule has 3 nitrogen and oxygen atoms in total. The highest BCUT2D eigenvalue weighted by Gasteiger charge is 2.43. The molecule has 6 heteroatoms. The Hall–Kier alpha value is -0.720. The molecule has 0 saturated carbocycles. The van der Waals surface area contributed by atoms with Crippen LogP contribution in [0.4, 0.5) is 4.39 Å². The molecule has 3 rings (SSSR count).